The van der Waals surface area contributed by atoms with E-state index >= 15 is 0 Å². The highest BCUT2D eigenvalue weighted by atomic mass is 16.3. The molecule has 2 fully saturated rings. The molecule has 0 aromatic rings. The third-order valence-corrected chi connectivity index (χ3v) is 4.17. The van der Waals surface area contributed by atoms with Crippen LogP contribution in [0.3, 0.4) is 0 Å². The van der Waals surface area contributed by atoms with E-state index in [1.807, 2.05) is 4.90 Å². The molecule has 1 saturated carbocycles. The van der Waals surface area contributed by atoms with Gasteiger partial charge >= 0.3 is 0 Å². The number of carbonyl (C=O) groups is 1. The zero-order valence-electron chi connectivity index (χ0n) is 10.7. The molecule has 98 valence electrons. The monoisotopic (exact) mass is 240 g/mol. The van der Waals surface area contributed by atoms with Gasteiger partial charge in [0.15, 0.2) is 0 Å². The van der Waals surface area contributed by atoms with Crippen molar-refractivity contribution in [2.24, 2.45) is 5.92 Å². The largest absolute Gasteiger partial charge is 0.393 e. The molecule has 2 aliphatic rings. The van der Waals surface area contributed by atoms with Crippen LogP contribution in [0.1, 0.15) is 39.0 Å². The maximum Gasteiger partial charge on any atom is 0.222 e. The number of nitrogens with one attached hydrogen (secondary N) is 1. The zero-order valence-corrected chi connectivity index (χ0v) is 10.7. The van der Waals surface area contributed by atoms with Crippen LogP contribution >= 0.6 is 0 Å². The third kappa shape index (κ3) is 3.19. The molecule has 1 aliphatic carbocycles. The molecule has 4 heteroatoms. The van der Waals surface area contributed by atoms with Gasteiger partial charge in [0.2, 0.25) is 5.91 Å². The molecular formula is C13H24N2O2. The summed E-state index contributed by atoms with van der Waals surface area (Å²) >= 11 is 0. The van der Waals surface area contributed by atoms with E-state index in [1.165, 1.54) is 0 Å². The fourth-order valence-electron chi connectivity index (χ4n) is 3.02. The van der Waals surface area contributed by atoms with Gasteiger partial charge in [0.05, 0.1) is 6.10 Å². The first kappa shape index (κ1) is 12.8. The Balaban J connectivity index is 1.76. The zero-order chi connectivity index (χ0) is 12.3. The molecule has 0 radical (unpaired) electrons. The fraction of sp³-hybridized carbons (Fsp3) is 0.923. The molecule has 1 amide bonds. The van der Waals surface area contributed by atoms with Gasteiger partial charge in [-0.15, -0.1) is 0 Å². The van der Waals surface area contributed by atoms with Crippen LogP contribution in [0.2, 0.25) is 0 Å². The third-order valence-electron chi connectivity index (χ3n) is 4.17. The molecule has 4 nitrogen and oxygen atoms in total. The van der Waals surface area contributed by atoms with Gasteiger partial charge in [0, 0.05) is 32.1 Å². The molecule has 2 N–H and O–H groups in total. The molecule has 17 heavy (non-hydrogen) atoms. The Hall–Kier alpha value is -0.610. The lowest BCUT2D eigenvalue weighted by molar-refractivity contribution is -0.134. The van der Waals surface area contributed by atoms with Crippen molar-refractivity contribution in [3.8, 4) is 0 Å². The maximum absolute atomic E-state index is 12.1. The standard InChI is InChI=1S/C13H24N2O2/c1-10-9-14-7-8-15(10)13(17)6-5-11-3-2-4-12(11)16/h10-12,14,16H,2-9H2,1H3/t10-,11?,12?/m1/s1. The van der Waals surface area contributed by atoms with Crippen LogP contribution in [0, 0.1) is 5.92 Å². The van der Waals surface area contributed by atoms with E-state index in [0.717, 1.165) is 45.3 Å². The topological polar surface area (TPSA) is 52.6 Å². The summed E-state index contributed by atoms with van der Waals surface area (Å²) < 4.78 is 0. The quantitative estimate of drug-likeness (QED) is 0.765. The second-order valence-corrected chi connectivity index (χ2v) is 5.44. The predicted octanol–water partition coefficient (Wildman–Crippen LogP) is 0.748. The summed E-state index contributed by atoms with van der Waals surface area (Å²) in [6, 6.07) is 0.310. The van der Waals surface area contributed by atoms with E-state index in [-0.39, 0.29) is 12.0 Å². The van der Waals surface area contributed by atoms with Gasteiger partial charge in [-0.05, 0) is 32.1 Å². The highest BCUT2D eigenvalue weighted by Crippen LogP contribution is 2.29. The summed E-state index contributed by atoms with van der Waals surface area (Å²) in [5.41, 5.74) is 0. The normalized spacial score (nSPS) is 34.0. The highest BCUT2D eigenvalue weighted by Gasteiger charge is 2.28. The van der Waals surface area contributed by atoms with Crippen molar-refractivity contribution in [2.45, 2.75) is 51.2 Å². The number of aliphatic hydroxyl groups excluding tert-OH is 1. The predicted molar refractivity (Wildman–Crippen MR) is 66.6 cm³/mol. The van der Waals surface area contributed by atoms with E-state index in [0.29, 0.717) is 18.4 Å². The van der Waals surface area contributed by atoms with Crippen molar-refractivity contribution in [3.05, 3.63) is 0 Å². The molecule has 0 aromatic carbocycles. The molecule has 1 saturated heterocycles. The van der Waals surface area contributed by atoms with Crippen molar-refractivity contribution in [1.82, 2.24) is 10.2 Å². The van der Waals surface area contributed by atoms with Crippen molar-refractivity contribution in [3.63, 3.8) is 0 Å². The Morgan fingerprint density at radius 2 is 2.29 bits per heavy atom. The number of hydrogen-bond acceptors (Lipinski definition) is 3. The van der Waals surface area contributed by atoms with E-state index in [9.17, 15) is 9.90 Å². The molecule has 2 unspecified atom stereocenters. The number of carbonyl (C=O) groups excluding carboxylic acids is 1. The lowest BCUT2D eigenvalue weighted by atomic mass is 9.99. The number of amides is 1. The van der Waals surface area contributed by atoms with E-state index in [1.54, 1.807) is 0 Å². The second-order valence-electron chi connectivity index (χ2n) is 5.44. The first-order valence-electron chi connectivity index (χ1n) is 6.86. The summed E-state index contributed by atoms with van der Waals surface area (Å²) in [4.78, 5) is 14.1. The second kappa shape index (κ2) is 5.83. The van der Waals surface area contributed by atoms with Gasteiger partial charge in [0.25, 0.3) is 0 Å². The van der Waals surface area contributed by atoms with Crippen LogP contribution in [0.5, 0.6) is 0 Å². The molecule has 1 heterocycles. The summed E-state index contributed by atoms with van der Waals surface area (Å²) in [5, 5.41) is 13.0. The summed E-state index contributed by atoms with van der Waals surface area (Å²) in [6.07, 6.45) is 4.42. The average molecular weight is 240 g/mol. The Kier molecular flexibility index (Phi) is 4.40. The summed E-state index contributed by atoms with van der Waals surface area (Å²) in [7, 11) is 0. The smallest absolute Gasteiger partial charge is 0.222 e. The first-order valence-corrected chi connectivity index (χ1v) is 6.86. The Morgan fingerprint density at radius 1 is 1.47 bits per heavy atom. The van der Waals surface area contributed by atoms with Gasteiger partial charge in [-0.2, -0.15) is 0 Å². The number of hydrogen-bond donors (Lipinski definition) is 2. The van der Waals surface area contributed by atoms with Crippen molar-refractivity contribution >= 4 is 5.91 Å². The minimum absolute atomic E-state index is 0.164. The first-order chi connectivity index (χ1) is 8.18. The number of rotatable bonds is 3. The number of nitrogens with zero attached hydrogens (tertiary/aromatic N) is 1. The van der Waals surface area contributed by atoms with Gasteiger partial charge in [0.1, 0.15) is 0 Å². The van der Waals surface area contributed by atoms with Gasteiger partial charge in [-0.1, -0.05) is 6.42 Å². The van der Waals surface area contributed by atoms with Crippen LogP contribution in [0.15, 0.2) is 0 Å². The van der Waals surface area contributed by atoms with Gasteiger partial charge in [-0.3, -0.25) is 4.79 Å². The maximum atomic E-state index is 12.1. The molecule has 1 aliphatic heterocycles. The number of piperazine rings is 1. The van der Waals surface area contributed by atoms with E-state index in [2.05, 4.69) is 12.2 Å². The Bertz CT molecular complexity index is 270. The van der Waals surface area contributed by atoms with Crippen LogP contribution in [-0.2, 0) is 4.79 Å². The van der Waals surface area contributed by atoms with E-state index < -0.39 is 0 Å². The Labute approximate surface area is 103 Å². The van der Waals surface area contributed by atoms with Crippen molar-refractivity contribution < 1.29 is 9.90 Å². The molecular weight excluding hydrogens is 216 g/mol. The van der Waals surface area contributed by atoms with Crippen molar-refractivity contribution in [1.29, 1.82) is 0 Å². The molecule has 2 rings (SSSR count). The molecule has 0 spiro atoms. The minimum atomic E-state index is -0.164. The number of aliphatic hydroxyl groups is 1. The van der Waals surface area contributed by atoms with Gasteiger partial charge in [-0.25, -0.2) is 0 Å². The fourth-order valence-corrected chi connectivity index (χ4v) is 3.02. The highest BCUT2D eigenvalue weighted by molar-refractivity contribution is 5.76. The Morgan fingerprint density at radius 3 is 2.94 bits per heavy atom. The summed E-state index contributed by atoms with van der Waals surface area (Å²) in [6.45, 7) is 4.72. The van der Waals surface area contributed by atoms with Crippen LogP contribution in [0.4, 0.5) is 0 Å². The SMILES string of the molecule is C[C@@H]1CNCCN1C(=O)CCC1CCCC1O. The molecule has 0 aromatic heterocycles. The lowest BCUT2D eigenvalue weighted by Gasteiger charge is -2.34. The lowest BCUT2D eigenvalue weighted by Crippen LogP contribution is -2.52. The average Bonchev–Trinajstić information content (AvgIpc) is 2.72. The molecule has 3 atom stereocenters. The van der Waals surface area contributed by atoms with Crippen LogP contribution < -0.4 is 5.32 Å². The van der Waals surface area contributed by atoms with Gasteiger partial charge < -0.3 is 15.3 Å². The van der Waals surface area contributed by atoms with E-state index in [4.69, 9.17) is 0 Å². The van der Waals surface area contributed by atoms with Crippen LogP contribution in [0.25, 0.3) is 0 Å². The van der Waals surface area contributed by atoms with Crippen molar-refractivity contribution in [2.75, 3.05) is 19.6 Å². The van der Waals surface area contributed by atoms with Crippen LogP contribution in [-0.4, -0.2) is 47.7 Å². The minimum Gasteiger partial charge on any atom is -0.393 e. The summed E-state index contributed by atoms with van der Waals surface area (Å²) in [5.74, 6) is 0.621. The molecule has 0 bridgehead atoms.